The van der Waals surface area contributed by atoms with Gasteiger partial charge in [-0.1, -0.05) is 6.07 Å². The molecule has 0 aliphatic heterocycles. The Balaban J connectivity index is 1.56. The molecular weight excluding hydrogens is 332 g/mol. The monoisotopic (exact) mass is 345 g/mol. The lowest BCUT2D eigenvalue weighted by Crippen LogP contribution is -2.25. The highest BCUT2D eigenvalue weighted by Crippen LogP contribution is 2.21. The average Bonchev–Trinajstić information content (AvgIpc) is 3.07. The van der Waals surface area contributed by atoms with Gasteiger partial charge in [-0.3, -0.25) is 9.78 Å². The van der Waals surface area contributed by atoms with Crippen LogP contribution < -0.4 is 5.32 Å². The predicted octanol–water partition coefficient (Wildman–Crippen LogP) is 3.46. The van der Waals surface area contributed by atoms with Crippen molar-refractivity contribution in [2.24, 2.45) is 0 Å². The number of carbonyl (C=O) groups excluding carboxylic acids is 1. The molecule has 0 spiro atoms. The van der Waals surface area contributed by atoms with E-state index >= 15 is 0 Å². The van der Waals surface area contributed by atoms with E-state index in [0.29, 0.717) is 13.0 Å². The maximum Gasteiger partial charge on any atom is 0.251 e. The summed E-state index contributed by atoms with van der Waals surface area (Å²) < 4.78 is 26.0. The van der Waals surface area contributed by atoms with Crippen LogP contribution in [0.3, 0.4) is 0 Å². The molecule has 2 heterocycles. The molecule has 0 radical (unpaired) electrons. The average molecular weight is 345 g/mol. The van der Waals surface area contributed by atoms with Crippen LogP contribution in [0.4, 0.5) is 8.78 Å². The molecule has 1 N–H and O–H groups in total. The number of pyridine rings is 1. The van der Waals surface area contributed by atoms with Crippen molar-refractivity contribution in [3.63, 3.8) is 0 Å². The first-order chi connectivity index (χ1) is 11.6. The summed E-state index contributed by atoms with van der Waals surface area (Å²) in [7, 11) is 0. The fraction of sp³-hybridized carbons (Fsp3) is 0.118. The molecule has 3 rings (SSSR count). The standard InChI is InChI=1S/C17H13F2N3OS/c18-13-5-4-11(9-14(13)19)16(23)21-8-6-12-10-24-17(22-12)15-3-1-2-7-20-15/h1-5,7,9-10H,6,8H2,(H,21,23). The van der Waals surface area contributed by atoms with Gasteiger partial charge in [0.05, 0.1) is 11.4 Å². The number of carbonyl (C=O) groups is 1. The van der Waals surface area contributed by atoms with E-state index in [1.165, 1.54) is 17.4 Å². The van der Waals surface area contributed by atoms with Crippen molar-refractivity contribution in [2.75, 3.05) is 6.54 Å². The molecule has 0 aliphatic rings. The highest BCUT2D eigenvalue weighted by Gasteiger charge is 2.10. The van der Waals surface area contributed by atoms with Crippen LogP contribution in [0.5, 0.6) is 0 Å². The zero-order chi connectivity index (χ0) is 16.9. The van der Waals surface area contributed by atoms with E-state index in [0.717, 1.165) is 28.5 Å². The van der Waals surface area contributed by atoms with Crippen LogP contribution in [0, 0.1) is 11.6 Å². The molecule has 1 amide bonds. The summed E-state index contributed by atoms with van der Waals surface area (Å²) in [6.45, 7) is 0.350. The van der Waals surface area contributed by atoms with Crippen molar-refractivity contribution in [1.29, 1.82) is 0 Å². The zero-order valence-electron chi connectivity index (χ0n) is 12.5. The Labute approximate surface area is 141 Å². The Morgan fingerprint density at radius 1 is 1.17 bits per heavy atom. The molecular formula is C17H13F2N3OS. The molecule has 122 valence electrons. The van der Waals surface area contributed by atoms with Gasteiger partial charge in [-0.25, -0.2) is 13.8 Å². The summed E-state index contributed by atoms with van der Waals surface area (Å²) in [5, 5.41) is 5.39. The Morgan fingerprint density at radius 2 is 2.04 bits per heavy atom. The van der Waals surface area contributed by atoms with Crippen LogP contribution in [0.25, 0.3) is 10.7 Å². The number of aromatic nitrogens is 2. The molecule has 0 fully saturated rings. The van der Waals surface area contributed by atoms with Gasteiger partial charge in [-0.05, 0) is 30.3 Å². The van der Waals surface area contributed by atoms with Crippen LogP contribution in [-0.4, -0.2) is 22.4 Å². The number of hydrogen-bond donors (Lipinski definition) is 1. The Morgan fingerprint density at radius 3 is 2.79 bits per heavy atom. The second-order valence-corrected chi connectivity index (χ2v) is 5.85. The summed E-state index contributed by atoms with van der Waals surface area (Å²) in [6, 6.07) is 8.68. The largest absolute Gasteiger partial charge is 0.352 e. The van der Waals surface area contributed by atoms with Gasteiger partial charge in [-0.2, -0.15) is 0 Å². The van der Waals surface area contributed by atoms with Crippen LogP contribution in [0.15, 0.2) is 48.0 Å². The van der Waals surface area contributed by atoms with E-state index < -0.39 is 17.5 Å². The van der Waals surface area contributed by atoms with E-state index in [9.17, 15) is 13.6 Å². The summed E-state index contributed by atoms with van der Waals surface area (Å²) in [4.78, 5) is 20.6. The number of hydrogen-bond acceptors (Lipinski definition) is 4. The van der Waals surface area contributed by atoms with E-state index in [1.807, 2.05) is 23.6 Å². The molecule has 4 nitrogen and oxygen atoms in total. The van der Waals surface area contributed by atoms with Crippen molar-refractivity contribution < 1.29 is 13.6 Å². The highest BCUT2D eigenvalue weighted by atomic mass is 32.1. The molecule has 3 aromatic rings. The summed E-state index contributed by atoms with van der Waals surface area (Å²) in [5.74, 6) is -2.47. The fourth-order valence-corrected chi connectivity index (χ4v) is 2.90. The van der Waals surface area contributed by atoms with Crippen molar-refractivity contribution in [3.05, 3.63) is 70.9 Å². The van der Waals surface area contributed by atoms with Gasteiger partial charge in [0.15, 0.2) is 11.6 Å². The van der Waals surface area contributed by atoms with E-state index in [2.05, 4.69) is 15.3 Å². The lowest BCUT2D eigenvalue weighted by Gasteiger charge is -2.04. The third-order valence-electron chi connectivity index (χ3n) is 3.28. The van der Waals surface area contributed by atoms with Crippen LogP contribution >= 0.6 is 11.3 Å². The zero-order valence-corrected chi connectivity index (χ0v) is 13.3. The SMILES string of the molecule is O=C(NCCc1csc(-c2ccccn2)n1)c1ccc(F)c(F)c1. The summed E-state index contributed by atoms with van der Waals surface area (Å²) in [5.41, 5.74) is 1.73. The van der Waals surface area contributed by atoms with Crippen LogP contribution in [-0.2, 0) is 6.42 Å². The van der Waals surface area contributed by atoms with Gasteiger partial charge in [0.1, 0.15) is 5.01 Å². The molecule has 2 aromatic heterocycles. The number of thiazole rings is 1. The first kappa shape index (κ1) is 16.2. The minimum Gasteiger partial charge on any atom is -0.352 e. The lowest BCUT2D eigenvalue weighted by molar-refractivity contribution is 0.0953. The number of rotatable bonds is 5. The first-order valence-electron chi connectivity index (χ1n) is 7.22. The molecule has 0 saturated carbocycles. The first-order valence-corrected chi connectivity index (χ1v) is 8.10. The second kappa shape index (κ2) is 7.27. The van der Waals surface area contributed by atoms with Crippen LogP contribution in [0.2, 0.25) is 0 Å². The summed E-state index contributed by atoms with van der Waals surface area (Å²) in [6.07, 6.45) is 2.25. The molecule has 7 heteroatoms. The van der Waals surface area contributed by atoms with Crippen molar-refractivity contribution in [1.82, 2.24) is 15.3 Å². The molecule has 0 atom stereocenters. The van der Waals surface area contributed by atoms with E-state index in [1.54, 1.807) is 6.20 Å². The van der Waals surface area contributed by atoms with Crippen molar-refractivity contribution in [2.45, 2.75) is 6.42 Å². The molecule has 0 unspecified atom stereocenters. The Kier molecular flexibility index (Phi) is 4.90. The maximum absolute atomic E-state index is 13.1. The third kappa shape index (κ3) is 3.80. The van der Waals surface area contributed by atoms with Gasteiger partial charge in [0.25, 0.3) is 5.91 Å². The maximum atomic E-state index is 13.1. The molecule has 24 heavy (non-hydrogen) atoms. The number of nitrogens with one attached hydrogen (secondary N) is 1. The lowest BCUT2D eigenvalue weighted by atomic mass is 10.2. The van der Waals surface area contributed by atoms with Gasteiger partial charge >= 0.3 is 0 Å². The number of amides is 1. The minimum atomic E-state index is -1.04. The van der Waals surface area contributed by atoms with Gasteiger partial charge in [0, 0.05) is 30.1 Å². The van der Waals surface area contributed by atoms with Crippen molar-refractivity contribution >= 4 is 17.2 Å². The molecule has 0 saturated heterocycles. The fourth-order valence-electron chi connectivity index (χ4n) is 2.07. The van der Waals surface area contributed by atoms with Gasteiger partial charge in [-0.15, -0.1) is 11.3 Å². The van der Waals surface area contributed by atoms with Crippen LogP contribution in [0.1, 0.15) is 16.1 Å². The molecule has 0 aliphatic carbocycles. The number of halogens is 2. The molecule has 1 aromatic carbocycles. The normalized spacial score (nSPS) is 10.6. The quantitative estimate of drug-likeness (QED) is 0.770. The topological polar surface area (TPSA) is 54.9 Å². The smallest absolute Gasteiger partial charge is 0.251 e. The van der Waals surface area contributed by atoms with E-state index in [-0.39, 0.29) is 5.56 Å². The van der Waals surface area contributed by atoms with Crippen molar-refractivity contribution in [3.8, 4) is 10.7 Å². The minimum absolute atomic E-state index is 0.0846. The number of benzene rings is 1. The predicted molar refractivity (Wildman–Crippen MR) is 87.7 cm³/mol. The Bertz CT molecular complexity index is 852. The van der Waals surface area contributed by atoms with Gasteiger partial charge in [0.2, 0.25) is 0 Å². The summed E-state index contributed by atoms with van der Waals surface area (Å²) >= 11 is 1.48. The highest BCUT2D eigenvalue weighted by molar-refractivity contribution is 7.13. The third-order valence-corrected chi connectivity index (χ3v) is 4.20. The number of nitrogens with zero attached hydrogens (tertiary/aromatic N) is 2. The second-order valence-electron chi connectivity index (χ2n) is 4.99. The van der Waals surface area contributed by atoms with Gasteiger partial charge < -0.3 is 5.32 Å². The molecule has 0 bridgehead atoms. The van der Waals surface area contributed by atoms with E-state index in [4.69, 9.17) is 0 Å². The Hall–Kier alpha value is -2.67.